The van der Waals surface area contributed by atoms with Gasteiger partial charge in [-0.15, -0.1) is 0 Å². The third-order valence-electron chi connectivity index (χ3n) is 3.00. The number of hydrogen-bond acceptors (Lipinski definition) is 6. The molecule has 1 aromatic carbocycles. The molecule has 7 heteroatoms. The topological polar surface area (TPSA) is 88.9 Å². The lowest BCUT2D eigenvalue weighted by Crippen LogP contribution is -2.29. The van der Waals surface area contributed by atoms with Gasteiger partial charge in [-0.3, -0.25) is 14.5 Å². The van der Waals surface area contributed by atoms with Crippen LogP contribution in [-0.4, -0.2) is 39.6 Å². The Morgan fingerprint density at radius 1 is 1.15 bits per heavy atom. The fraction of sp³-hybridized carbons (Fsp3) is 0.308. The number of Topliss-reactive ketones (excluding diaryl/α,β-unsaturated/α-hetero) is 1. The zero-order valence-corrected chi connectivity index (χ0v) is 11.2. The maximum absolute atomic E-state index is 12.1. The molecule has 7 nitrogen and oxygen atoms in total. The molecule has 0 aromatic heterocycles. The fourth-order valence-corrected chi connectivity index (χ4v) is 2.14. The molecule has 0 N–H and O–H groups in total. The van der Waals surface area contributed by atoms with Gasteiger partial charge in [0.05, 0.1) is 38.6 Å². The number of hydrogen-bond donors (Lipinski definition) is 0. The number of nitriles is 1. The lowest BCUT2D eigenvalue weighted by molar-refractivity contribution is -0.114. The van der Waals surface area contributed by atoms with Crippen LogP contribution in [0.15, 0.2) is 6.07 Å². The monoisotopic (exact) mass is 276 g/mol. The Kier molecular flexibility index (Phi) is 3.48. The van der Waals surface area contributed by atoms with E-state index < -0.39 is 11.7 Å². The minimum absolute atomic E-state index is 0.0883. The third-order valence-corrected chi connectivity index (χ3v) is 3.00. The summed E-state index contributed by atoms with van der Waals surface area (Å²) in [6.45, 7) is -0.226. The Labute approximate surface area is 115 Å². The zero-order valence-electron chi connectivity index (χ0n) is 11.2. The lowest BCUT2D eigenvalue weighted by atomic mass is 10.1. The average molecular weight is 276 g/mol. The van der Waals surface area contributed by atoms with Crippen LogP contribution in [0.4, 0.5) is 5.69 Å². The summed E-state index contributed by atoms with van der Waals surface area (Å²) in [5.41, 5.74) is 0.376. The van der Waals surface area contributed by atoms with E-state index in [4.69, 9.17) is 19.5 Å². The van der Waals surface area contributed by atoms with E-state index in [1.165, 1.54) is 27.4 Å². The summed E-state index contributed by atoms with van der Waals surface area (Å²) < 4.78 is 15.5. The van der Waals surface area contributed by atoms with E-state index in [-0.39, 0.29) is 29.3 Å². The van der Waals surface area contributed by atoms with E-state index in [2.05, 4.69) is 0 Å². The molecule has 0 atom stereocenters. The molecule has 0 fully saturated rings. The van der Waals surface area contributed by atoms with Gasteiger partial charge in [0.1, 0.15) is 6.54 Å². The number of carbonyl (C=O) groups is 2. The first-order valence-corrected chi connectivity index (χ1v) is 5.66. The largest absolute Gasteiger partial charge is 0.493 e. The third kappa shape index (κ3) is 1.73. The van der Waals surface area contributed by atoms with Crippen LogP contribution in [-0.2, 0) is 4.79 Å². The van der Waals surface area contributed by atoms with E-state index >= 15 is 0 Å². The molecule has 2 rings (SSSR count). The molecule has 0 aliphatic carbocycles. The second-order valence-electron chi connectivity index (χ2n) is 3.92. The van der Waals surface area contributed by atoms with Gasteiger partial charge in [-0.25, -0.2) is 0 Å². The van der Waals surface area contributed by atoms with Gasteiger partial charge in [0.25, 0.3) is 5.78 Å². The van der Waals surface area contributed by atoms with Crippen molar-refractivity contribution in [2.24, 2.45) is 0 Å². The Morgan fingerprint density at radius 2 is 1.80 bits per heavy atom. The van der Waals surface area contributed by atoms with Crippen LogP contribution in [0, 0.1) is 11.3 Å². The first kappa shape index (κ1) is 13.7. The predicted octanol–water partition coefficient (Wildman–Crippen LogP) is 0.765. The molecular weight excluding hydrogens is 264 g/mol. The SMILES string of the molecule is COc1cc2c(c(OC)c1OC)C(=O)C(=O)N2CC#N. The second kappa shape index (κ2) is 5.09. The second-order valence-corrected chi connectivity index (χ2v) is 3.92. The number of ketones is 1. The number of ether oxygens (including phenoxy) is 3. The number of rotatable bonds is 4. The highest BCUT2D eigenvalue weighted by molar-refractivity contribution is 6.53. The van der Waals surface area contributed by atoms with Crippen LogP contribution in [0.2, 0.25) is 0 Å². The van der Waals surface area contributed by atoms with Crippen molar-refractivity contribution in [3.63, 3.8) is 0 Å². The molecule has 0 unspecified atom stereocenters. The van der Waals surface area contributed by atoms with Crippen LogP contribution >= 0.6 is 0 Å². The van der Waals surface area contributed by atoms with Crippen molar-refractivity contribution < 1.29 is 23.8 Å². The van der Waals surface area contributed by atoms with Crippen molar-refractivity contribution in [1.82, 2.24) is 0 Å². The number of methoxy groups -OCH3 is 3. The van der Waals surface area contributed by atoms with Gasteiger partial charge in [-0.05, 0) is 0 Å². The van der Waals surface area contributed by atoms with Crippen LogP contribution in [0.3, 0.4) is 0 Å². The molecule has 1 aliphatic rings. The number of nitrogens with zero attached hydrogens (tertiary/aromatic N) is 2. The summed E-state index contributed by atoms with van der Waals surface area (Å²) in [5, 5.41) is 8.77. The van der Waals surface area contributed by atoms with Crippen molar-refractivity contribution >= 4 is 17.4 Å². The minimum Gasteiger partial charge on any atom is -0.493 e. The molecule has 0 saturated carbocycles. The van der Waals surface area contributed by atoms with E-state index in [0.29, 0.717) is 5.75 Å². The van der Waals surface area contributed by atoms with E-state index in [9.17, 15) is 9.59 Å². The number of anilines is 1. The molecule has 1 aromatic rings. The summed E-state index contributed by atoms with van der Waals surface area (Å²) in [4.78, 5) is 25.0. The van der Waals surface area contributed by atoms with Gasteiger partial charge in [0.2, 0.25) is 5.75 Å². The van der Waals surface area contributed by atoms with Crippen molar-refractivity contribution in [1.29, 1.82) is 5.26 Å². The smallest absolute Gasteiger partial charge is 0.300 e. The minimum atomic E-state index is -0.768. The quantitative estimate of drug-likeness (QED) is 0.596. The van der Waals surface area contributed by atoms with Gasteiger partial charge in [0.15, 0.2) is 11.5 Å². The Balaban J connectivity index is 2.76. The Hall–Kier alpha value is -2.75. The normalized spacial score (nSPS) is 13.0. The summed E-state index contributed by atoms with van der Waals surface area (Å²) in [6, 6.07) is 3.33. The van der Waals surface area contributed by atoms with Gasteiger partial charge >= 0.3 is 5.91 Å². The highest BCUT2D eigenvalue weighted by Gasteiger charge is 2.41. The summed E-state index contributed by atoms with van der Waals surface area (Å²) in [6.07, 6.45) is 0. The highest BCUT2D eigenvalue weighted by Crippen LogP contribution is 2.47. The van der Waals surface area contributed by atoms with Gasteiger partial charge < -0.3 is 14.2 Å². The summed E-state index contributed by atoms with van der Waals surface area (Å²) in [5.74, 6) is -0.828. The van der Waals surface area contributed by atoms with Gasteiger partial charge in [0, 0.05) is 6.07 Å². The zero-order chi connectivity index (χ0) is 14.9. The molecule has 20 heavy (non-hydrogen) atoms. The standard InChI is InChI=1S/C13H12N2O5/c1-18-8-6-7-9(12(20-3)11(8)19-2)10(16)13(17)15(7)5-4-14/h6H,5H2,1-3H3. The van der Waals surface area contributed by atoms with Gasteiger partial charge in [-0.2, -0.15) is 5.26 Å². The number of amides is 1. The number of fused-ring (bicyclic) bond motifs is 1. The lowest BCUT2D eigenvalue weighted by Gasteiger charge is -2.17. The maximum Gasteiger partial charge on any atom is 0.300 e. The molecule has 0 spiro atoms. The molecule has 0 saturated heterocycles. The molecule has 1 amide bonds. The maximum atomic E-state index is 12.1. The highest BCUT2D eigenvalue weighted by atomic mass is 16.5. The van der Waals surface area contributed by atoms with Crippen molar-refractivity contribution in [3.8, 4) is 23.3 Å². The van der Waals surface area contributed by atoms with E-state index in [0.717, 1.165) is 4.90 Å². The van der Waals surface area contributed by atoms with Crippen LogP contribution in [0.5, 0.6) is 17.2 Å². The van der Waals surface area contributed by atoms with Crippen LogP contribution < -0.4 is 19.1 Å². The Bertz CT molecular complexity index is 633. The van der Waals surface area contributed by atoms with Gasteiger partial charge in [-0.1, -0.05) is 0 Å². The number of benzene rings is 1. The molecule has 104 valence electrons. The van der Waals surface area contributed by atoms with Crippen LogP contribution in [0.25, 0.3) is 0 Å². The van der Waals surface area contributed by atoms with Crippen molar-refractivity contribution in [2.45, 2.75) is 0 Å². The molecule has 0 radical (unpaired) electrons. The first-order valence-electron chi connectivity index (χ1n) is 5.66. The summed E-state index contributed by atoms with van der Waals surface area (Å²) >= 11 is 0. The molecular formula is C13H12N2O5. The molecule has 1 aliphatic heterocycles. The average Bonchev–Trinajstić information content (AvgIpc) is 2.70. The molecule has 0 bridgehead atoms. The first-order chi connectivity index (χ1) is 9.60. The van der Waals surface area contributed by atoms with E-state index in [1.807, 2.05) is 6.07 Å². The fourth-order valence-electron chi connectivity index (χ4n) is 2.14. The van der Waals surface area contributed by atoms with E-state index in [1.54, 1.807) is 0 Å². The summed E-state index contributed by atoms with van der Waals surface area (Å²) in [7, 11) is 4.19. The predicted molar refractivity (Wildman–Crippen MR) is 68.4 cm³/mol. The van der Waals surface area contributed by atoms with Crippen LogP contribution in [0.1, 0.15) is 10.4 Å². The molecule has 1 heterocycles. The van der Waals surface area contributed by atoms with Crippen molar-refractivity contribution in [3.05, 3.63) is 11.6 Å². The van der Waals surface area contributed by atoms with Crippen molar-refractivity contribution in [2.75, 3.05) is 32.8 Å². The number of carbonyl (C=O) groups excluding carboxylic acids is 2. The Morgan fingerprint density at radius 3 is 2.30 bits per heavy atom.